The Morgan fingerprint density at radius 1 is 1.48 bits per heavy atom. The fraction of sp³-hybridized carbons (Fsp3) is 0.562. The van der Waals surface area contributed by atoms with Gasteiger partial charge in [-0.05, 0) is 57.0 Å². The monoisotopic (exact) mass is 293 g/mol. The molecule has 1 amide bonds. The minimum atomic E-state index is -0.400. The number of benzene rings is 1. The van der Waals surface area contributed by atoms with Crippen LogP contribution in [0.1, 0.15) is 32.1 Å². The second kappa shape index (κ2) is 7.41. The molecule has 0 unspecified atom stereocenters. The lowest BCUT2D eigenvalue weighted by molar-refractivity contribution is -0.116. The molecule has 0 aliphatic heterocycles. The number of anilines is 2. The Morgan fingerprint density at radius 2 is 2.24 bits per heavy atom. The highest BCUT2D eigenvalue weighted by molar-refractivity contribution is 5.93. The summed E-state index contributed by atoms with van der Waals surface area (Å²) in [4.78, 5) is 14.1. The van der Waals surface area contributed by atoms with E-state index in [2.05, 4.69) is 17.3 Å². The van der Waals surface area contributed by atoms with Crippen molar-refractivity contribution in [2.24, 2.45) is 5.92 Å². The largest absolute Gasteiger partial charge is 0.397 e. The van der Waals surface area contributed by atoms with Crippen LogP contribution in [0.2, 0.25) is 0 Å². The van der Waals surface area contributed by atoms with Gasteiger partial charge >= 0.3 is 0 Å². The van der Waals surface area contributed by atoms with Crippen LogP contribution in [0.25, 0.3) is 0 Å². The first-order valence-corrected chi connectivity index (χ1v) is 7.58. The highest BCUT2D eigenvalue weighted by Crippen LogP contribution is 2.26. The van der Waals surface area contributed by atoms with Crippen LogP contribution in [0, 0.1) is 11.7 Å². The van der Waals surface area contributed by atoms with Gasteiger partial charge in [0.1, 0.15) is 5.82 Å². The molecule has 0 heterocycles. The maximum Gasteiger partial charge on any atom is 0.224 e. The summed E-state index contributed by atoms with van der Waals surface area (Å²) in [5, 5.41) is 2.73. The molecule has 0 radical (unpaired) electrons. The predicted octanol–water partition coefficient (Wildman–Crippen LogP) is 2.86. The molecule has 0 bridgehead atoms. The minimum absolute atomic E-state index is 0.0784. The summed E-state index contributed by atoms with van der Waals surface area (Å²) in [6.07, 6.45) is 5.31. The number of carbonyl (C=O) groups excluding carboxylic acids is 1. The molecular weight excluding hydrogens is 269 g/mol. The van der Waals surface area contributed by atoms with Gasteiger partial charge in [-0.15, -0.1) is 0 Å². The van der Waals surface area contributed by atoms with Gasteiger partial charge in [0.25, 0.3) is 0 Å². The Hall–Kier alpha value is -1.62. The number of halogens is 1. The third-order valence-electron chi connectivity index (χ3n) is 4.03. The van der Waals surface area contributed by atoms with Crippen molar-refractivity contribution < 1.29 is 9.18 Å². The molecule has 0 atom stereocenters. The van der Waals surface area contributed by atoms with Crippen molar-refractivity contribution in [3.05, 3.63) is 24.0 Å². The molecule has 1 saturated carbocycles. The van der Waals surface area contributed by atoms with E-state index < -0.39 is 5.82 Å². The van der Waals surface area contributed by atoms with Crippen LogP contribution in [-0.2, 0) is 4.79 Å². The topological polar surface area (TPSA) is 58.4 Å². The van der Waals surface area contributed by atoms with Crippen LogP contribution in [0.5, 0.6) is 0 Å². The van der Waals surface area contributed by atoms with Gasteiger partial charge in [-0.1, -0.05) is 6.42 Å². The number of amides is 1. The van der Waals surface area contributed by atoms with Crippen LogP contribution in [-0.4, -0.2) is 30.9 Å². The lowest BCUT2D eigenvalue weighted by atomic mass is 9.85. The number of nitrogens with one attached hydrogen (secondary N) is 1. The standard InChI is InChI=1S/C16H24FN3O/c1-20(11-12-4-2-5-12)9-3-6-16(21)19-15-8-7-13(17)10-14(15)18/h7-8,10,12H,2-6,9,11,18H2,1H3,(H,19,21). The molecule has 0 spiro atoms. The van der Waals surface area contributed by atoms with Gasteiger partial charge in [-0.2, -0.15) is 0 Å². The molecule has 21 heavy (non-hydrogen) atoms. The third-order valence-corrected chi connectivity index (χ3v) is 4.03. The van der Waals surface area contributed by atoms with Gasteiger partial charge < -0.3 is 16.0 Å². The van der Waals surface area contributed by atoms with Crippen LogP contribution in [0.3, 0.4) is 0 Å². The fourth-order valence-electron chi connectivity index (χ4n) is 2.58. The zero-order valence-corrected chi connectivity index (χ0v) is 12.6. The van der Waals surface area contributed by atoms with E-state index in [4.69, 9.17) is 5.73 Å². The van der Waals surface area contributed by atoms with E-state index in [0.29, 0.717) is 12.1 Å². The average Bonchev–Trinajstić information content (AvgIpc) is 2.37. The van der Waals surface area contributed by atoms with Gasteiger partial charge in [0.15, 0.2) is 0 Å². The second-order valence-corrected chi connectivity index (χ2v) is 5.94. The van der Waals surface area contributed by atoms with E-state index in [1.165, 1.54) is 37.5 Å². The van der Waals surface area contributed by atoms with Crippen molar-refractivity contribution >= 4 is 17.3 Å². The molecule has 4 nitrogen and oxygen atoms in total. The Morgan fingerprint density at radius 3 is 2.86 bits per heavy atom. The SMILES string of the molecule is CN(CCCC(=O)Nc1ccc(F)cc1N)CC1CCC1. The number of nitrogens with zero attached hydrogens (tertiary/aromatic N) is 1. The molecule has 2 rings (SSSR count). The average molecular weight is 293 g/mol. The summed E-state index contributed by atoms with van der Waals surface area (Å²) in [5.74, 6) is 0.372. The fourth-order valence-corrected chi connectivity index (χ4v) is 2.58. The summed E-state index contributed by atoms with van der Waals surface area (Å²) in [6, 6.07) is 3.99. The highest BCUT2D eigenvalue weighted by atomic mass is 19.1. The first kappa shape index (κ1) is 15.8. The quantitative estimate of drug-likeness (QED) is 0.760. The van der Waals surface area contributed by atoms with E-state index in [0.717, 1.165) is 25.4 Å². The van der Waals surface area contributed by atoms with Crippen LogP contribution < -0.4 is 11.1 Å². The Kier molecular flexibility index (Phi) is 5.56. The molecular formula is C16H24FN3O. The summed E-state index contributed by atoms with van der Waals surface area (Å²) >= 11 is 0. The minimum Gasteiger partial charge on any atom is -0.397 e. The Bertz CT molecular complexity index is 488. The highest BCUT2D eigenvalue weighted by Gasteiger charge is 2.18. The van der Waals surface area contributed by atoms with E-state index in [1.807, 2.05) is 0 Å². The van der Waals surface area contributed by atoms with Gasteiger partial charge in [0.2, 0.25) is 5.91 Å². The molecule has 1 aromatic carbocycles. The number of rotatable bonds is 7. The van der Waals surface area contributed by atoms with Crippen molar-refractivity contribution in [1.29, 1.82) is 0 Å². The van der Waals surface area contributed by atoms with Crippen LogP contribution in [0.4, 0.5) is 15.8 Å². The summed E-state index contributed by atoms with van der Waals surface area (Å²) in [6.45, 7) is 2.05. The number of nitrogen functional groups attached to an aromatic ring is 1. The van der Waals surface area contributed by atoms with Crippen molar-refractivity contribution in [3.8, 4) is 0 Å². The zero-order chi connectivity index (χ0) is 15.2. The maximum absolute atomic E-state index is 12.9. The molecule has 3 N–H and O–H groups in total. The smallest absolute Gasteiger partial charge is 0.224 e. The lowest BCUT2D eigenvalue weighted by Crippen LogP contribution is -2.30. The van der Waals surface area contributed by atoms with E-state index in [-0.39, 0.29) is 11.6 Å². The Labute approximate surface area is 125 Å². The normalized spacial score (nSPS) is 15.0. The summed E-state index contributed by atoms with van der Waals surface area (Å²) < 4.78 is 12.9. The van der Waals surface area contributed by atoms with E-state index in [9.17, 15) is 9.18 Å². The number of hydrogen-bond acceptors (Lipinski definition) is 3. The molecule has 0 aromatic heterocycles. The molecule has 1 aliphatic rings. The van der Waals surface area contributed by atoms with E-state index >= 15 is 0 Å². The maximum atomic E-state index is 12.9. The lowest BCUT2D eigenvalue weighted by Gasteiger charge is -2.30. The first-order valence-electron chi connectivity index (χ1n) is 7.58. The van der Waals surface area contributed by atoms with Crippen molar-refractivity contribution in [3.63, 3.8) is 0 Å². The first-order chi connectivity index (χ1) is 10.0. The molecule has 1 fully saturated rings. The molecule has 116 valence electrons. The molecule has 1 aliphatic carbocycles. The predicted molar refractivity (Wildman–Crippen MR) is 83.5 cm³/mol. The van der Waals surface area contributed by atoms with Crippen molar-refractivity contribution in [2.75, 3.05) is 31.2 Å². The van der Waals surface area contributed by atoms with Crippen LogP contribution >= 0.6 is 0 Å². The summed E-state index contributed by atoms with van der Waals surface area (Å²) in [7, 11) is 2.11. The zero-order valence-electron chi connectivity index (χ0n) is 12.6. The van der Waals surface area contributed by atoms with Gasteiger partial charge in [0.05, 0.1) is 11.4 Å². The molecule has 0 saturated heterocycles. The number of hydrogen-bond donors (Lipinski definition) is 2. The molecule has 1 aromatic rings. The third kappa shape index (κ3) is 5.01. The molecule has 5 heteroatoms. The van der Waals surface area contributed by atoms with Gasteiger partial charge in [-0.25, -0.2) is 4.39 Å². The van der Waals surface area contributed by atoms with Gasteiger partial charge in [0, 0.05) is 13.0 Å². The van der Waals surface area contributed by atoms with Crippen molar-refractivity contribution in [1.82, 2.24) is 4.90 Å². The van der Waals surface area contributed by atoms with Crippen molar-refractivity contribution in [2.45, 2.75) is 32.1 Å². The van der Waals surface area contributed by atoms with E-state index in [1.54, 1.807) is 0 Å². The van der Waals surface area contributed by atoms with Crippen LogP contribution in [0.15, 0.2) is 18.2 Å². The second-order valence-electron chi connectivity index (χ2n) is 5.94. The Balaban J connectivity index is 1.67. The number of carbonyl (C=O) groups is 1. The van der Waals surface area contributed by atoms with Gasteiger partial charge in [-0.3, -0.25) is 4.79 Å². The number of nitrogens with two attached hydrogens (primary N) is 1. The summed E-state index contributed by atoms with van der Waals surface area (Å²) in [5.41, 5.74) is 6.39.